The monoisotopic (exact) mass is 495 g/mol. The van der Waals surface area contributed by atoms with Crippen LogP contribution in [0.2, 0.25) is 10.0 Å². The summed E-state index contributed by atoms with van der Waals surface area (Å²) in [4.78, 5) is 25.3. The van der Waals surface area contributed by atoms with E-state index in [2.05, 4.69) is 5.32 Å². The molecule has 3 aromatic rings. The van der Waals surface area contributed by atoms with E-state index in [0.29, 0.717) is 39.9 Å². The molecule has 1 fully saturated rings. The first-order chi connectivity index (χ1) is 16.4. The van der Waals surface area contributed by atoms with Gasteiger partial charge in [0, 0.05) is 5.02 Å². The maximum atomic E-state index is 13.4. The highest BCUT2D eigenvalue weighted by molar-refractivity contribution is 6.32. The summed E-state index contributed by atoms with van der Waals surface area (Å²) in [5.74, 6) is -0.456. The van der Waals surface area contributed by atoms with E-state index in [1.54, 1.807) is 48.5 Å². The minimum Gasteiger partial charge on any atom is -0.477 e. The molecule has 174 valence electrons. The molecule has 4 rings (SSSR count). The average molecular weight is 496 g/mol. The first-order valence-corrected chi connectivity index (χ1v) is 11.7. The van der Waals surface area contributed by atoms with Crippen molar-refractivity contribution in [3.05, 3.63) is 99.7 Å². The van der Waals surface area contributed by atoms with Crippen LogP contribution in [0, 0.1) is 0 Å². The quantitative estimate of drug-likeness (QED) is 0.351. The number of ether oxygens (including phenoxy) is 1. The Morgan fingerprint density at radius 2 is 1.56 bits per heavy atom. The van der Waals surface area contributed by atoms with Crippen molar-refractivity contribution in [2.75, 3.05) is 0 Å². The molecule has 1 aliphatic carbocycles. The molecule has 0 spiro atoms. The molecule has 0 aliphatic heterocycles. The minimum absolute atomic E-state index is 0.190. The fourth-order valence-electron chi connectivity index (χ4n) is 4.24. The zero-order valence-electron chi connectivity index (χ0n) is 18.3. The minimum atomic E-state index is -1.21. The van der Waals surface area contributed by atoms with Crippen LogP contribution in [0.3, 0.4) is 0 Å². The predicted octanol–water partition coefficient (Wildman–Crippen LogP) is 6.84. The number of carboxylic acid groups (broad SMARTS) is 1. The number of carboxylic acids is 1. The van der Waals surface area contributed by atoms with Gasteiger partial charge in [-0.2, -0.15) is 0 Å². The second-order valence-electron chi connectivity index (χ2n) is 8.21. The van der Waals surface area contributed by atoms with E-state index < -0.39 is 11.4 Å². The highest BCUT2D eigenvalue weighted by Crippen LogP contribution is 2.42. The van der Waals surface area contributed by atoms with Crippen LogP contribution in [0.1, 0.15) is 36.8 Å². The van der Waals surface area contributed by atoms with Crippen molar-refractivity contribution in [1.82, 2.24) is 5.32 Å². The summed E-state index contributed by atoms with van der Waals surface area (Å²) < 4.78 is 5.77. The largest absolute Gasteiger partial charge is 0.477 e. The Hall–Kier alpha value is -3.28. The lowest BCUT2D eigenvalue weighted by molar-refractivity contribution is -0.135. The first kappa shape index (κ1) is 23.9. The summed E-state index contributed by atoms with van der Waals surface area (Å²) in [6, 6.07) is 21.2. The van der Waals surface area contributed by atoms with Crippen LogP contribution in [-0.4, -0.2) is 17.0 Å². The molecule has 0 heterocycles. The molecule has 0 bridgehead atoms. The fourth-order valence-corrected chi connectivity index (χ4v) is 4.54. The summed E-state index contributed by atoms with van der Waals surface area (Å²) in [7, 11) is 0. The summed E-state index contributed by atoms with van der Waals surface area (Å²) >= 11 is 12.1. The van der Waals surface area contributed by atoms with Gasteiger partial charge in [-0.1, -0.05) is 72.4 Å². The number of carbonyl (C=O) groups excluding carboxylic acids is 1. The third-order valence-electron chi connectivity index (χ3n) is 6.02. The number of rotatable bonds is 7. The molecule has 7 heteroatoms. The average Bonchev–Trinajstić information content (AvgIpc) is 3.33. The molecule has 1 saturated carbocycles. The van der Waals surface area contributed by atoms with Crippen LogP contribution in [0.4, 0.5) is 0 Å². The second kappa shape index (κ2) is 10.3. The van der Waals surface area contributed by atoms with Gasteiger partial charge < -0.3 is 15.2 Å². The summed E-state index contributed by atoms with van der Waals surface area (Å²) in [5, 5.41) is 13.5. The Morgan fingerprint density at radius 1 is 0.912 bits per heavy atom. The van der Waals surface area contributed by atoms with Crippen molar-refractivity contribution in [2.45, 2.75) is 31.1 Å². The van der Waals surface area contributed by atoms with Crippen molar-refractivity contribution in [3.8, 4) is 11.5 Å². The molecule has 5 nitrogen and oxygen atoms in total. The molecule has 0 radical (unpaired) electrons. The van der Waals surface area contributed by atoms with Crippen LogP contribution < -0.4 is 10.1 Å². The van der Waals surface area contributed by atoms with E-state index in [4.69, 9.17) is 27.9 Å². The number of para-hydroxylation sites is 1. The van der Waals surface area contributed by atoms with Crippen molar-refractivity contribution in [3.63, 3.8) is 0 Å². The Morgan fingerprint density at radius 3 is 2.18 bits per heavy atom. The van der Waals surface area contributed by atoms with Crippen molar-refractivity contribution in [2.24, 2.45) is 0 Å². The zero-order valence-corrected chi connectivity index (χ0v) is 19.8. The lowest BCUT2D eigenvalue weighted by atomic mass is 9.78. The smallest absolute Gasteiger partial charge is 0.352 e. The van der Waals surface area contributed by atoms with Crippen LogP contribution in [0.5, 0.6) is 11.5 Å². The molecule has 2 N–H and O–H groups in total. The highest BCUT2D eigenvalue weighted by atomic mass is 35.5. The molecule has 3 aromatic carbocycles. The van der Waals surface area contributed by atoms with E-state index in [-0.39, 0.29) is 11.6 Å². The lowest BCUT2D eigenvalue weighted by Gasteiger charge is -2.28. The molecule has 34 heavy (non-hydrogen) atoms. The number of benzene rings is 3. The topological polar surface area (TPSA) is 75.6 Å². The van der Waals surface area contributed by atoms with Crippen LogP contribution in [-0.2, 0) is 15.0 Å². The Kier molecular flexibility index (Phi) is 7.25. The van der Waals surface area contributed by atoms with Gasteiger partial charge in [-0.3, -0.25) is 4.79 Å². The fraction of sp³-hybridized carbons (Fsp3) is 0.185. The van der Waals surface area contributed by atoms with Gasteiger partial charge in [-0.25, -0.2) is 4.79 Å². The number of nitrogens with one attached hydrogen (secondary N) is 1. The third kappa shape index (κ3) is 5.27. The maximum Gasteiger partial charge on any atom is 0.352 e. The molecule has 0 atom stereocenters. The van der Waals surface area contributed by atoms with E-state index in [9.17, 15) is 14.7 Å². The number of halogens is 2. The van der Waals surface area contributed by atoms with Gasteiger partial charge in [-0.15, -0.1) is 0 Å². The lowest BCUT2D eigenvalue weighted by Crippen LogP contribution is -2.43. The van der Waals surface area contributed by atoms with Gasteiger partial charge in [0.05, 0.1) is 10.4 Å². The Balaban J connectivity index is 1.54. The van der Waals surface area contributed by atoms with Gasteiger partial charge in [-0.05, 0) is 66.4 Å². The molecule has 0 saturated heterocycles. The molecule has 1 amide bonds. The number of aliphatic carboxylic acids is 1. The Bertz CT molecular complexity index is 1210. The third-order valence-corrected chi connectivity index (χ3v) is 6.59. The highest BCUT2D eigenvalue weighted by Gasteiger charge is 2.43. The van der Waals surface area contributed by atoms with E-state index in [0.717, 1.165) is 18.4 Å². The molecular formula is C27H23Cl2NO4. The number of amides is 1. The predicted molar refractivity (Wildman–Crippen MR) is 133 cm³/mol. The molecule has 0 aromatic heterocycles. The van der Waals surface area contributed by atoms with E-state index >= 15 is 0 Å². The number of carbonyl (C=O) groups is 2. The van der Waals surface area contributed by atoms with E-state index in [1.807, 2.05) is 24.3 Å². The number of hydrogen-bond acceptors (Lipinski definition) is 3. The molecule has 1 aliphatic rings. The number of hydrogen-bond donors (Lipinski definition) is 2. The van der Waals surface area contributed by atoms with Gasteiger partial charge in [0.2, 0.25) is 5.91 Å². The van der Waals surface area contributed by atoms with Gasteiger partial charge >= 0.3 is 5.97 Å². The standard InChI is InChI=1S/C27H23Cl2NO4/c28-20-11-9-19(10-12-20)27(15-3-4-16-27)26(33)30-23(25(31)32)17-18-7-13-21(14-8-18)34-24-6-2-1-5-22(24)29/h1-2,5-14,17H,3-4,15-16H2,(H,30,33)(H,31,32). The van der Waals surface area contributed by atoms with Crippen molar-refractivity contribution >= 4 is 41.2 Å². The first-order valence-electron chi connectivity index (χ1n) is 10.9. The van der Waals surface area contributed by atoms with Crippen molar-refractivity contribution < 1.29 is 19.4 Å². The summed E-state index contributed by atoms with van der Waals surface area (Å²) in [5.41, 5.74) is 0.491. The van der Waals surface area contributed by atoms with Gasteiger partial charge in [0.1, 0.15) is 17.2 Å². The maximum absolute atomic E-state index is 13.4. The molecular weight excluding hydrogens is 473 g/mol. The van der Waals surface area contributed by atoms with Crippen LogP contribution in [0.25, 0.3) is 6.08 Å². The van der Waals surface area contributed by atoms with Crippen molar-refractivity contribution in [1.29, 1.82) is 0 Å². The van der Waals surface area contributed by atoms with Crippen LogP contribution >= 0.6 is 23.2 Å². The second-order valence-corrected chi connectivity index (χ2v) is 9.06. The molecule has 0 unspecified atom stereocenters. The van der Waals surface area contributed by atoms with Gasteiger partial charge in [0.15, 0.2) is 0 Å². The normalized spacial score (nSPS) is 15.1. The van der Waals surface area contributed by atoms with Gasteiger partial charge in [0.25, 0.3) is 0 Å². The SMILES string of the molecule is O=C(O)C(=Cc1ccc(Oc2ccccc2Cl)cc1)NC(=O)C1(c2ccc(Cl)cc2)CCCC1. The van der Waals surface area contributed by atoms with Crippen LogP contribution in [0.15, 0.2) is 78.5 Å². The summed E-state index contributed by atoms with van der Waals surface area (Å²) in [6.07, 6.45) is 4.54. The Labute approximate surface area is 208 Å². The van der Waals surface area contributed by atoms with E-state index in [1.165, 1.54) is 6.08 Å². The summed E-state index contributed by atoms with van der Waals surface area (Å²) in [6.45, 7) is 0. The zero-order chi connectivity index (χ0) is 24.1.